The lowest BCUT2D eigenvalue weighted by Gasteiger charge is -2.31. The third-order valence-electron chi connectivity index (χ3n) is 3.99. The Hall–Kier alpha value is -1.72. The Balaban J connectivity index is 2.00. The number of imidazole rings is 1. The van der Waals surface area contributed by atoms with Crippen LogP contribution < -0.4 is 11.3 Å². The third-order valence-corrected chi connectivity index (χ3v) is 3.99. The van der Waals surface area contributed by atoms with E-state index in [4.69, 9.17) is 5.84 Å². The predicted octanol–water partition coefficient (Wildman–Crippen LogP) is 1.44. The molecule has 2 unspecified atom stereocenters. The number of rotatable bonds is 3. The first kappa shape index (κ1) is 12.3. The highest BCUT2D eigenvalue weighted by Gasteiger charge is 2.30. The lowest BCUT2D eigenvalue weighted by Crippen LogP contribution is -2.35. The second-order valence-electron chi connectivity index (χ2n) is 5.12. The molecule has 1 aliphatic rings. The topological polar surface area (TPSA) is 68.8 Å². The minimum absolute atomic E-state index is 0.0569. The van der Waals surface area contributed by atoms with Crippen molar-refractivity contribution >= 4 is 0 Å². The summed E-state index contributed by atoms with van der Waals surface area (Å²) in [5, 5.41) is 0. The number of nitrogens with one attached hydrogen (secondary N) is 1. The van der Waals surface area contributed by atoms with Crippen molar-refractivity contribution < 1.29 is 0 Å². The molecule has 0 saturated heterocycles. The van der Waals surface area contributed by atoms with E-state index in [9.17, 15) is 0 Å². The highest BCUT2D eigenvalue weighted by atomic mass is 15.3. The summed E-state index contributed by atoms with van der Waals surface area (Å²) in [6, 6.07) is 4.24. The maximum atomic E-state index is 5.80. The molecule has 2 heterocycles. The Kier molecular flexibility index (Phi) is 3.31. The fraction of sp³-hybridized carbons (Fsp3) is 0.429. The van der Waals surface area contributed by atoms with Crippen molar-refractivity contribution in [3.63, 3.8) is 0 Å². The molecule has 0 saturated carbocycles. The third kappa shape index (κ3) is 2.15. The summed E-state index contributed by atoms with van der Waals surface area (Å²) < 4.78 is 2.02. The summed E-state index contributed by atoms with van der Waals surface area (Å²) in [7, 11) is 1.99. The van der Waals surface area contributed by atoms with Gasteiger partial charge in [0.1, 0.15) is 0 Å². The number of nitrogens with two attached hydrogens (primary N) is 1. The van der Waals surface area contributed by atoms with E-state index in [2.05, 4.69) is 21.5 Å². The molecule has 2 aromatic rings. The number of pyridine rings is 1. The van der Waals surface area contributed by atoms with Gasteiger partial charge in [-0.05, 0) is 30.9 Å². The minimum Gasteiger partial charge on any atom is -0.336 e. The molecule has 0 aliphatic heterocycles. The van der Waals surface area contributed by atoms with E-state index in [0.29, 0.717) is 5.92 Å². The monoisotopic (exact) mass is 257 g/mol. The standard InChI is InChI=1S/C14H19N5/c1-19-9-16-8-12(19)14(18-15)11-6-2-4-10-5-3-7-17-13(10)11/h3,5,7-9,11,14,18H,2,4,6,15H2,1H3. The lowest BCUT2D eigenvalue weighted by molar-refractivity contribution is 0.386. The van der Waals surface area contributed by atoms with Crippen LogP contribution in [0.2, 0.25) is 0 Å². The van der Waals surface area contributed by atoms with Crippen LogP contribution >= 0.6 is 0 Å². The largest absolute Gasteiger partial charge is 0.336 e. The van der Waals surface area contributed by atoms with Gasteiger partial charge in [-0.15, -0.1) is 0 Å². The summed E-state index contributed by atoms with van der Waals surface area (Å²) in [4.78, 5) is 8.77. The van der Waals surface area contributed by atoms with Crippen LogP contribution in [0.25, 0.3) is 0 Å². The molecule has 0 amide bonds. The van der Waals surface area contributed by atoms with Crippen LogP contribution in [0.1, 0.15) is 41.8 Å². The summed E-state index contributed by atoms with van der Waals surface area (Å²) >= 11 is 0. The average molecular weight is 257 g/mol. The molecule has 0 radical (unpaired) electrons. The number of aryl methyl sites for hydroxylation is 2. The van der Waals surface area contributed by atoms with Crippen molar-refractivity contribution in [3.05, 3.63) is 47.8 Å². The van der Waals surface area contributed by atoms with E-state index < -0.39 is 0 Å². The molecule has 0 aromatic carbocycles. The number of nitrogens with zero attached hydrogens (tertiary/aromatic N) is 3. The Bertz CT molecular complexity index is 562. The van der Waals surface area contributed by atoms with Crippen molar-refractivity contribution in [1.29, 1.82) is 0 Å². The molecule has 2 atom stereocenters. The molecule has 100 valence electrons. The zero-order valence-electron chi connectivity index (χ0n) is 11.1. The maximum Gasteiger partial charge on any atom is 0.0946 e. The van der Waals surface area contributed by atoms with Gasteiger partial charge in [-0.2, -0.15) is 0 Å². The van der Waals surface area contributed by atoms with E-state index in [0.717, 1.165) is 18.5 Å². The summed E-state index contributed by atoms with van der Waals surface area (Å²) in [6.45, 7) is 0. The van der Waals surface area contributed by atoms with Gasteiger partial charge in [0.25, 0.3) is 0 Å². The van der Waals surface area contributed by atoms with Gasteiger partial charge in [-0.25, -0.2) is 4.98 Å². The van der Waals surface area contributed by atoms with E-state index in [1.807, 2.05) is 36.4 Å². The summed E-state index contributed by atoms with van der Waals surface area (Å²) in [5.41, 5.74) is 6.58. The minimum atomic E-state index is 0.0569. The van der Waals surface area contributed by atoms with E-state index in [1.54, 1.807) is 0 Å². The molecule has 2 aromatic heterocycles. The van der Waals surface area contributed by atoms with E-state index >= 15 is 0 Å². The van der Waals surface area contributed by atoms with Crippen LogP contribution in [-0.4, -0.2) is 14.5 Å². The van der Waals surface area contributed by atoms with Crippen LogP contribution in [-0.2, 0) is 13.5 Å². The fourth-order valence-corrected chi connectivity index (χ4v) is 3.04. The molecule has 0 spiro atoms. The van der Waals surface area contributed by atoms with E-state index in [1.165, 1.54) is 17.7 Å². The first-order valence-corrected chi connectivity index (χ1v) is 6.67. The normalized spacial score (nSPS) is 20.0. The molecule has 0 fully saturated rings. The fourth-order valence-electron chi connectivity index (χ4n) is 3.04. The van der Waals surface area contributed by atoms with Crippen molar-refractivity contribution in [1.82, 2.24) is 20.0 Å². The van der Waals surface area contributed by atoms with Crippen molar-refractivity contribution in [2.24, 2.45) is 12.9 Å². The molecule has 19 heavy (non-hydrogen) atoms. The highest BCUT2D eigenvalue weighted by molar-refractivity contribution is 5.29. The molecular weight excluding hydrogens is 238 g/mol. The highest BCUT2D eigenvalue weighted by Crippen LogP contribution is 2.38. The number of hydrogen-bond donors (Lipinski definition) is 2. The smallest absolute Gasteiger partial charge is 0.0946 e. The van der Waals surface area contributed by atoms with Gasteiger partial charge in [0.2, 0.25) is 0 Å². The summed E-state index contributed by atoms with van der Waals surface area (Å²) in [5.74, 6) is 6.11. The molecule has 5 nitrogen and oxygen atoms in total. The number of hydrazine groups is 1. The zero-order valence-corrected chi connectivity index (χ0v) is 11.1. The average Bonchev–Trinajstić information content (AvgIpc) is 2.86. The second-order valence-corrected chi connectivity index (χ2v) is 5.12. The Morgan fingerprint density at radius 3 is 3.16 bits per heavy atom. The second kappa shape index (κ2) is 5.11. The molecule has 3 N–H and O–H groups in total. The van der Waals surface area contributed by atoms with Gasteiger partial charge in [0.15, 0.2) is 0 Å². The SMILES string of the molecule is Cn1cncc1C(NN)C1CCCc2cccnc21. The zero-order chi connectivity index (χ0) is 13.2. The van der Waals surface area contributed by atoms with Gasteiger partial charge in [0.05, 0.1) is 18.1 Å². The van der Waals surface area contributed by atoms with Gasteiger partial charge in [0, 0.05) is 31.1 Å². The van der Waals surface area contributed by atoms with Crippen molar-refractivity contribution in [3.8, 4) is 0 Å². The van der Waals surface area contributed by atoms with Crippen molar-refractivity contribution in [2.45, 2.75) is 31.2 Å². The van der Waals surface area contributed by atoms with Gasteiger partial charge >= 0.3 is 0 Å². The quantitative estimate of drug-likeness (QED) is 0.645. The predicted molar refractivity (Wildman–Crippen MR) is 73.2 cm³/mol. The van der Waals surface area contributed by atoms with Gasteiger partial charge in [-0.1, -0.05) is 6.07 Å². The first-order valence-electron chi connectivity index (χ1n) is 6.67. The molecular formula is C14H19N5. The number of fused-ring (bicyclic) bond motifs is 1. The van der Waals surface area contributed by atoms with Gasteiger partial charge < -0.3 is 4.57 Å². The van der Waals surface area contributed by atoms with Crippen LogP contribution in [0.4, 0.5) is 0 Å². The van der Waals surface area contributed by atoms with Crippen LogP contribution in [0, 0.1) is 0 Å². The maximum absolute atomic E-state index is 5.80. The Morgan fingerprint density at radius 1 is 1.53 bits per heavy atom. The lowest BCUT2D eigenvalue weighted by atomic mass is 9.81. The number of hydrogen-bond acceptors (Lipinski definition) is 4. The Morgan fingerprint density at radius 2 is 2.42 bits per heavy atom. The van der Waals surface area contributed by atoms with E-state index in [-0.39, 0.29) is 6.04 Å². The summed E-state index contributed by atoms with van der Waals surface area (Å²) in [6.07, 6.45) is 8.95. The molecule has 5 heteroatoms. The van der Waals surface area contributed by atoms with Gasteiger partial charge in [-0.3, -0.25) is 16.3 Å². The van der Waals surface area contributed by atoms with Crippen LogP contribution in [0.3, 0.4) is 0 Å². The number of aromatic nitrogens is 3. The molecule has 0 bridgehead atoms. The molecule has 1 aliphatic carbocycles. The first-order chi connectivity index (χ1) is 9.31. The van der Waals surface area contributed by atoms with Crippen LogP contribution in [0.5, 0.6) is 0 Å². The Labute approximate surface area is 112 Å². The molecule has 3 rings (SSSR count). The van der Waals surface area contributed by atoms with Crippen LogP contribution in [0.15, 0.2) is 30.9 Å². The van der Waals surface area contributed by atoms with Crippen molar-refractivity contribution in [2.75, 3.05) is 0 Å².